The van der Waals surface area contributed by atoms with Crippen molar-refractivity contribution in [3.8, 4) is 22.4 Å². The maximum Gasteiger partial charge on any atom is 0.274 e. The fourth-order valence-corrected chi connectivity index (χ4v) is 5.53. The predicted molar refractivity (Wildman–Crippen MR) is 156 cm³/mol. The van der Waals surface area contributed by atoms with Crippen LogP contribution in [0.15, 0.2) is 83.8 Å². The monoisotopic (exact) mass is 508 g/mol. The van der Waals surface area contributed by atoms with Crippen LogP contribution in [0, 0.1) is 6.92 Å². The van der Waals surface area contributed by atoms with Gasteiger partial charge in [0.15, 0.2) is 0 Å². The lowest BCUT2D eigenvalue weighted by atomic mass is 9.97. The zero-order valence-electron chi connectivity index (χ0n) is 22.6. The summed E-state index contributed by atoms with van der Waals surface area (Å²) in [5.74, 6) is 0.794. The van der Waals surface area contributed by atoms with E-state index < -0.39 is 0 Å². The number of hydrogen-bond acceptors (Lipinski definition) is 5. The molecule has 2 aromatic heterocycles. The molecule has 0 aliphatic carbocycles. The Hall–Kier alpha value is -3.90. The third-order valence-electron chi connectivity index (χ3n) is 7.47. The quantitative estimate of drug-likeness (QED) is 0.307. The first-order valence-corrected chi connectivity index (χ1v) is 13.3. The molecule has 0 unspecified atom stereocenters. The topological polar surface area (TPSA) is 59.4 Å². The molecule has 2 aromatic carbocycles. The standard InChI is InChI=1S/C32H36N4O2/c1-22-10-8-13-26(18-22)31-28(20-29(32(37)35(31)3)36-17-9-14-27(36)21-38-4)25-15-16-33-30(19-25)34-23(2)24-11-6-5-7-12-24/h5-8,10-13,15-16,18-20,23,27H,9,14,17,21H2,1-4H3,(H,33,34)/t23-,27-/m0/s1. The maximum atomic E-state index is 13.8. The van der Waals surface area contributed by atoms with Crippen LogP contribution in [0.1, 0.15) is 36.9 Å². The SMILES string of the molecule is COC[C@@H]1CCCN1c1cc(-c2ccnc(N[C@@H](C)c3ccccc3)c2)c(-c2cccc(C)c2)n(C)c1=O. The Morgan fingerprint density at radius 1 is 1.05 bits per heavy atom. The van der Waals surface area contributed by atoms with Crippen molar-refractivity contribution in [1.82, 2.24) is 9.55 Å². The number of nitrogens with zero attached hydrogens (tertiary/aromatic N) is 3. The van der Waals surface area contributed by atoms with Crippen molar-refractivity contribution in [3.63, 3.8) is 0 Å². The molecule has 4 aromatic rings. The largest absolute Gasteiger partial charge is 0.383 e. The van der Waals surface area contributed by atoms with Gasteiger partial charge in [-0.3, -0.25) is 4.79 Å². The summed E-state index contributed by atoms with van der Waals surface area (Å²) < 4.78 is 7.30. The van der Waals surface area contributed by atoms with Gasteiger partial charge in [0.1, 0.15) is 11.5 Å². The molecule has 0 amide bonds. The van der Waals surface area contributed by atoms with E-state index in [0.29, 0.717) is 6.61 Å². The molecular formula is C32H36N4O2. The predicted octanol–water partition coefficient (Wildman–Crippen LogP) is 6.21. The highest BCUT2D eigenvalue weighted by Gasteiger charge is 2.28. The van der Waals surface area contributed by atoms with Gasteiger partial charge in [0.05, 0.1) is 18.3 Å². The molecule has 0 bridgehead atoms. The molecule has 1 saturated heterocycles. The molecule has 2 atom stereocenters. The summed E-state index contributed by atoms with van der Waals surface area (Å²) in [5, 5.41) is 3.55. The number of aryl methyl sites for hydroxylation is 1. The van der Waals surface area contributed by atoms with Crippen molar-refractivity contribution < 1.29 is 4.74 Å². The summed E-state index contributed by atoms with van der Waals surface area (Å²) in [6.45, 7) is 5.67. The lowest BCUT2D eigenvalue weighted by Crippen LogP contribution is -2.38. The van der Waals surface area contributed by atoms with Crippen LogP contribution in [0.3, 0.4) is 0 Å². The third kappa shape index (κ3) is 5.22. The lowest BCUT2D eigenvalue weighted by molar-refractivity contribution is 0.181. The minimum atomic E-state index is 0.0124. The van der Waals surface area contributed by atoms with Gasteiger partial charge >= 0.3 is 0 Å². The summed E-state index contributed by atoms with van der Waals surface area (Å²) >= 11 is 0. The summed E-state index contributed by atoms with van der Waals surface area (Å²) in [4.78, 5) is 20.6. The van der Waals surface area contributed by atoms with Gasteiger partial charge < -0.3 is 19.5 Å². The third-order valence-corrected chi connectivity index (χ3v) is 7.47. The first kappa shape index (κ1) is 25.7. The molecule has 6 nitrogen and oxygen atoms in total. The fourth-order valence-electron chi connectivity index (χ4n) is 5.53. The van der Waals surface area contributed by atoms with E-state index in [0.717, 1.165) is 58.8 Å². The number of hydrogen-bond donors (Lipinski definition) is 1. The molecule has 6 heteroatoms. The average molecular weight is 509 g/mol. The second-order valence-corrected chi connectivity index (χ2v) is 10.2. The van der Waals surface area contributed by atoms with Crippen molar-refractivity contribution in [2.75, 3.05) is 30.5 Å². The van der Waals surface area contributed by atoms with Crippen molar-refractivity contribution in [2.24, 2.45) is 7.05 Å². The normalized spacial score (nSPS) is 16.0. The molecule has 5 rings (SSSR count). The highest BCUT2D eigenvalue weighted by molar-refractivity contribution is 5.84. The molecule has 196 valence electrons. The van der Waals surface area contributed by atoms with Gasteiger partial charge in [-0.25, -0.2) is 4.98 Å². The highest BCUT2D eigenvalue weighted by Crippen LogP contribution is 2.36. The maximum absolute atomic E-state index is 13.8. The van der Waals surface area contributed by atoms with E-state index in [1.807, 2.05) is 48.1 Å². The van der Waals surface area contributed by atoms with Crippen LogP contribution in [0.4, 0.5) is 11.5 Å². The van der Waals surface area contributed by atoms with Crippen LogP contribution in [0.2, 0.25) is 0 Å². The first-order chi connectivity index (χ1) is 18.5. The van der Waals surface area contributed by atoms with Crippen LogP contribution < -0.4 is 15.8 Å². The summed E-state index contributed by atoms with van der Waals surface area (Å²) in [6.07, 6.45) is 3.91. The second-order valence-electron chi connectivity index (χ2n) is 10.2. The molecular weight excluding hydrogens is 472 g/mol. The van der Waals surface area contributed by atoms with Crippen molar-refractivity contribution >= 4 is 11.5 Å². The Balaban J connectivity index is 1.63. The zero-order valence-corrected chi connectivity index (χ0v) is 22.6. The number of rotatable bonds is 8. The Labute approximate surface area is 224 Å². The molecule has 3 heterocycles. The van der Waals surface area contributed by atoms with Crippen molar-refractivity contribution in [1.29, 1.82) is 0 Å². The minimum Gasteiger partial charge on any atom is -0.383 e. The Kier molecular flexibility index (Phi) is 7.61. The molecule has 1 aliphatic rings. The molecule has 0 radical (unpaired) electrons. The Bertz CT molecular complexity index is 1460. The first-order valence-electron chi connectivity index (χ1n) is 13.3. The van der Waals surface area contributed by atoms with Gasteiger partial charge in [0.2, 0.25) is 0 Å². The highest BCUT2D eigenvalue weighted by atomic mass is 16.5. The fraction of sp³-hybridized carbons (Fsp3) is 0.312. The number of ether oxygens (including phenoxy) is 1. The zero-order chi connectivity index (χ0) is 26.6. The van der Waals surface area contributed by atoms with Crippen LogP contribution >= 0.6 is 0 Å². The number of aromatic nitrogens is 2. The van der Waals surface area contributed by atoms with E-state index in [1.165, 1.54) is 5.56 Å². The van der Waals surface area contributed by atoms with Crippen molar-refractivity contribution in [3.05, 3.63) is 100 Å². The van der Waals surface area contributed by atoms with E-state index in [9.17, 15) is 4.79 Å². The van der Waals surface area contributed by atoms with Crippen LogP contribution in [0.5, 0.6) is 0 Å². The second kappa shape index (κ2) is 11.2. The number of pyridine rings is 2. The van der Waals surface area contributed by atoms with Gasteiger partial charge in [-0.1, -0.05) is 54.1 Å². The van der Waals surface area contributed by atoms with E-state index in [4.69, 9.17) is 4.74 Å². The van der Waals surface area contributed by atoms with Gasteiger partial charge in [-0.05, 0) is 67.6 Å². The molecule has 1 fully saturated rings. The minimum absolute atomic E-state index is 0.0124. The van der Waals surface area contributed by atoms with Crippen LogP contribution in [0.25, 0.3) is 22.4 Å². The molecule has 38 heavy (non-hydrogen) atoms. The average Bonchev–Trinajstić information content (AvgIpc) is 3.39. The smallest absolute Gasteiger partial charge is 0.274 e. The number of benzene rings is 2. The lowest BCUT2D eigenvalue weighted by Gasteiger charge is -2.28. The number of methoxy groups -OCH3 is 1. The van der Waals surface area contributed by atoms with Crippen molar-refractivity contribution in [2.45, 2.75) is 38.8 Å². The van der Waals surface area contributed by atoms with E-state index in [2.05, 4.69) is 71.5 Å². The van der Waals surface area contributed by atoms with Crippen LogP contribution in [-0.4, -0.2) is 35.9 Å². The van der Waals surface area contributed by atoms with Gasteiger partial charge in [-0.2, -0.15) is 0 Å². The van der Waals surface area contributed by atoms with Gasteiger partial charge in [0, 0.05) is 38.5 Å². The summed E-state index contributed by atoms with van der Waals surface area (Å²) in [5.41, 5.74) is 7.03. The van der Waals surface area contributed by atoms with Gasteiger partial charge in [-0.15, -0.1) is 0 Å². The number of nitrogens with one attached hydrogen (secondary N) is 1. The van der Waals surface area contributed by atoms with Gasteiger partial charge in [0.25, 0.3) is 5.56 Å². The Morgan fingerprint density at radius 3 is 2.63 bits per heavy atom. The molecule has 1 aliphatic heterocycles. The molecule has 1 N–H and O–H groups in total. The molecule has 0 spiro atoms. The summed E-state index contributed by atoms with van der Waals surface area (Å²) in [7, 11) is 3.61. The molecule has 0 saturated carbocycles. The van der Waals surface area contributed by atoms with E-state index >= 15 is 0 Å². The Morgan fingerprint density at radius 2 is 1.87 bits per heavy atom. The van der Waals surface area contributed by atoms with E-state index in [1.54, 1.807) is 7.11 Å². The number of anilines is 2. The van der Waals surface area contributed by atoms with Crippen LogP contribution in [-0.2, 0) is 11.8 Å². The van der Waals surface area contributed by atoms with E-state index in [-0.39, 0.29) is 17.6 Å². The summed E-state index contributed by atoms with van der Waals surface area (Å²) in [6, 6.07) is 25.2.